The van der Waals surface area contributed by atoms with Gasteiger partial charge in [0, 0.05) is 13.0 Å². The number of fused-ring (bicyclic) bond motifs is 2. The van der Waals surface area contributed by atoms with Gasteiger partial charge in [0.2, 0.25) is 0 Å². The average molecular weight is 283 g/mol. The average Bonchev–Trinajstić information content (AvgIpc) is 3.10. The fourth-order valence-corrected chi connectivity index (χ4v) is 2.83. The third-order valence-corrected chi connectivity index (χ3v) is 3.91. The van der Waals surface area contributed by atoms with Crippen molar-refractivity contribution in [3.05, 3.63) is 35.9 Å². The molecule has 0 radical (unpaired) electrons. The van der Waals surface area contributed by atoms with Crippen molar-refractivity contribution in [1.82, 2.24) is 19.7 Å². The number of anilines is 1. The van der Waals surface area contributed by atoms with Gasteiger partial charge in [0.1, 0.15) is 11.3 Å². The Morgan fingerprint density at radius 1 is 1.24 bits per heavy atom. The first-order valence-electron chi connectivity index (χ1n) is 7.35. The van der Waals surface area contributed by atoms with Crippen molar-refractivity contribution in [2.24, 2.45) is 0 Å². The summed E-state index contributed by atoms with van der Waals surface area (Å²) < 4.78 is 7.91. The van der Waals surface area contributed by atoms with Crippen LogP contribution in [0, 0.1) is 0 Å². The van der Waals surface area contributed by atoms with Crippen LogP contribution in [-0.4, -0.2) is 19.7 Å². The minimum atomic E-state index is 0.0115. The summed E-state index contributed by atoms with van der Waals surface area (Å²) in [6.07, 6.45) is 3.40. The van der Waals surface area contributed by atoms with Gasteiger partial charge in [-0.2, -0.15) is 4.98 Å². The topological polar surface area (TPSA) is 68.8 Å². The van der Waals surface area contributed by atoms with E-state index >= 15 is 0 Å². The molecular formula is C15H17N5O. The number of benzene rings is 1. The van der Waals surface area contributed by atoms with Gasteiger partial charge >= 0.3 is 0 Å². The summed E-state index contributed by atoms with van der Waals surface area (Å²) in [7, 11) is 0. The van der Waals surface area contributed by atoms with E-state index in [9.17, 15) is 0 Å². The molecule has 1 N–H and O–H groups in total. The van der Waals surface area contributed by atoms with Gasteiger partial charge in [0.05, 0.1) is 6.04 Å². The SMILES string of the molecule is CC(Nc1nc2ccccc2o1)c1nnc2n1CCCC2. The van der Waals surface area contributed by atoms with Crippen molar-refractivity contribution >= 4 is 17.1 Å². The molecule has 0 saturated carbocycles. The normalized spacial score (nSPS) is 15.9. The molecule has 0 fully saturated rings. The predicted octanol–water partition coefficient (Wildman–Crippen LogP) is 2.93. The van der Waals surface area contributed by atoms with Gasteiger partial charge < -0.3 is 14.3 Å². The zero-order chi connectivity index (χ0) is 14.2. The highest BCUT2D eigenvalue weighted by atomic mass is 16.4. The quantitative estimate of drug-likeness (QED) is 0.800. The number of hydrogen-bond donors (Lipinski definition) is 1. The fourth-order valence-electron chi connectivity index (χ4n) is 2.83. The molecule has 4 rings (SSSR count). The standard InChI is InChI=1S/C15H17N5O/c1-10(14-19-18-13-8-4-5-9-20(13)14)16-15-17-11-6-2-3-7-12(11)21-15/h2-3,6-7,10H,4-5,8-9H2,1H3,(H,16,17). The van der Waals surface area contributed by atoms with E-state index in [0.29, 0.717) is 6.01 Å². The first-order chi connectivity index (χ1) is 10.3. The van der Waals surface area contributed by atoms with E-state index in [-0.39, 0.29) is 6.04 Å². The Hall–Kier alpha value is -2.37. The van der Waals surface area contributed by atoms with Crippen LogP contribution in [0.25, 0.3) is 11.1 Å². The van der Waals surface area contributed by atoms with Gasteiger partial charge in [-0.05, 0) is 31.9 Å². The third kappa shape index (κ3) is 2.16. The van der Waals surface area contributed by atoms with Crippen molar-refractivity contribution in [1.29, 1.82) is 0 Å². The van der Waals surface area contributed by atoms with Crippen LogP contribution in [0.1, 0.15) is 37.5 Å². The Morgan fingerprint density at radius 2 is 2.14 bits per heavy atom. The lowest BCUT2D eigenvalue weighted by atomic mass is 10.1. The monoisotopic (exact) mass is 283 g/mol. The highest BCUT2D eigenvalue weighted by Crippen LogP contribution is 2.24. The van der Waals surface area contributed by atoms with Crippen LogP contribution in [0.3, 0.4) is 0 Å². The number of aromatic nitrogens is 4. The van der Waals surface area contributed by atoms with Crippen molar-refractivity contribution in [2.75, 3.05) is 5.32 Å². The molecule has 6 heteroatoms. The Labute approximate surface area is 122 Å². The van der Waals surface area contributed by atoms with Gasteiger partial charge in [-0.15, -0.1) is 10.2 Å². The molecule has 0 amide bonds. The molecule has 6 nitrogen and oxygen atoms in total. The molecule has 21 heavy (non-hydrogen) atoms. The molecule has 0 spiro atoms. The van der Waals surface area contributed by atoms with Crippen LogP contribution in [-0.2, 0) is 13.0 Å². The summed E-state index contributed by atoms with van der Waals surface area (Å²) in [5.41, 5.74) is 1.64. The minimum absolute atomic E-state index is 0.0115. The van der Waals surface area contributed by atoms with Crippen molar-refractivity contribution in [3.8, 4) is 0 Å². The smallest absolute Gasteiger partial charge is 0.296 e. The molecule has 1 aromatic carbocycles. The summed E-state index contributed by atoms with van der Waals surface area (Å²) in [6.45, 7) is 3.05. The third-order valence-electron chi connectivity index (χ3n) is 3.91. The largest absolute Gasteiger partial charge is 0.424 e. The van der Waals surface area contributed by atoms with E-state index in [1.165, 1.54) is 12.8 Å². The molecule has 0 bridgehead atoms. The summed E-state index contributed by atoms with van der Waals surface area (Å²) >= 11 is 0. The second-order valence-electron chi connectivity index (χ2n) is 5.44. The Morgan fingerprint density at radius 3 is 3.05 bits per heavy atom. The highest BCUT2D eigenvalue weighted by Gasteiger charge is 2.21. The van der Waals surface area contributed by atoms with Gasteiger partial charge in [0.25, 0.3) is 6.01 Å². The van der Waals surface area contributed by atoms with E-state index in [4.69, 9.17) is 4.42 Å². The number of hydrogen-bond acceptors (Lipinski definition) is 5. The minimum Gasteiger partial charge on any atom is -0.424 e. The number of rotatable bonds is 3. The number of nitrogens with zero attached hydrogens (tertiary/aromatic N) is 4. The van der Waals surface area contributed by atoms with Crippen LogP contribution in [0.4, 0.5) is 6.01 Å². The number of nitrogens with one attached hydrogen (secondary N) is 1. The van der Waals surface area contributed by atoms with E-state index in [1.54, 1.807) is 0 Å². The lowest BCUT2D eigenvalue weighted by Crippen LogP contribution is -2.18. The van der Waals surface area contributed by atoms with Crippen LogP contribution >= 0.6 is 0 Å². The molecule has 2 aromatic heterocycles. The van der Waals surface area contributed by atoms with E-state index in [1.807, 2.05) is 24.3 Å². The molecule has 0 saturated heterocycles. The molecule has 108 valence electrons. The molecule has 1 aliphatic heterocycles. The number of aryl methyl sites for hydroxylation is 1. The first-order valence-corrected chi connectivity index (χ1v) is 7.35. The molecular weight excluding hydrogens is 266 g/mol. The first kappa shape index (κ1) is 12.4. The maximum absolute atomic E-state index is 5.70. The lowest BCUT2D eigenvalue weighted by molar-refractivity contribution is 0.497. The molecule has 3 heterocycles. The highest BCUT2D eigenvalue weighted by molar-refractivity contribution is 5.74. The van der Waals surface area contributed by atoms with Crippen molar-refractivity contribution in [2.45, 2.75) is 38.8 Å². The second kappa shape index (κ2) is 4.87. The predicted molar refractivity (Wildman–Crippen MR) is 79.0 cm³/mol. The fraction of sp³-hybridized carbons (Fsp3) is 0.400. The number of oxazole rings is 1. The van der Waals surface area contributed by atoms with Gasteiger partial charge in [-0.25, -0.2) is 0 Å². The maximum atomic E-state index is 5.70. The van der Waals surface area contributed by atoms with Gasteiger partial charge in [0.15, 0.2) is 11.4 Å². The van der Waals surface area contributed by atoms with E-state index < -0.39 is 0 Å². The molecule has 1 atom stereocenters. The second-order valence-corrected chi connectivity index (χ2v) is 5.44. The van der Waals surface area contributed by atoms with Crippen LogP contribution in [0.15, 0.2) is 28.7 Å². The Bertz CT molecular complexity index is 742. The van der Waals surface area contributed by atoms with Crippen LogP contribution < -0.4 is 5.32 Å². The van der Waals surface area contributed by atoms with Crippen LogP contribution in [0.5, 0.6) is 0 Å². The summed E-state index contributed by atoms with van der Waals surface area (Å²) in [4.78, 5) is 4.44. The van der Waals surface area contributed by atoms with Gasteiger partial charge in [-0.1, -0.05) is 12.1 Å². The maximum Gasteiger partial charge on any atom is 0.296 e. The zero-order valence-corrected chi connectivity index (χ0v) is 11.9. The molecule has 3 aromatic rings. The van der Waals surface area contributed by atoms with Crippen molar-refractivity contribution < 1.29 is 4.42 Å². The summed E-state index contributed by atoms with van der Waals surface area (Å²) in [5.74, 6) is 2.04. The number of para-hydroxylation sites is 2. The van der Waals surface area contributed by atoms with E-state index in [2.05, 4.69) is 32.0 Å². The molecule has 0 aliphatic carbocycles. The summed E-state index contributed by atoms with van der Waals surface area (Å²) in [6, 6.07) is 8.28. The zero-order valence-electron chi connectivity index (χ0n) is 11.9. The Kier molecular flexibility index (Phi) is 2.87. The molecule has 1 unspecified atom stereocenters. The summed E-state index contributed by atoms with van der Waals surface area (Å²) in [5, 5.41) is 11.9. The molecule has 1 aliphatic rings. The van der Waals surface area contributed by atoms with Crippen molar-refractivity contribution in [3.63, 3.8) is 0 Å². The van der Waals surface area contributed by atoms with Crippen LogP contribution in [0.2, 0.25) is 0 Å². The Balaban J connectivity index is 1.60. The lowest BCUT2D eigenvalue weighted by Gasteiger charge is -2.18. The van der Waals surface area contributed by atoms with E-state index in [0.717, 1.165) is 35.7 Å². The van der Waals surface area contributed by atoms with Gasteiger partial charge in [-0.3, -0.25) is 0 Å².